The van der Waals surface area contributed by atoms with Gasteiger partial charge in [0.15, 0.2) is 0 Å². The first-order valence-electron chi connectivity index (χ1n) is 9.77. The van der Waals surface area contributed by atoms with Crippen molar-refractivity contribution < 1.29 is 24.2 Å². The molecule has 4 aromatic rings. The van der Waals surface area contributed by atoms with Crippen LogP contribution in [0.2, 0.25) is 0 Å². The third-order valence-corrected chi connectivity index (χ3v) is 4.85. The van der Waals surface area contributed by atoms with Crippen LogP contribution < -0.4 is 0 Å². The molecule has 2 aromatic heterocycles. The van der Waals surface area contributed by atoms with Gasteiger partial charge >= 0.3 is 12.1 Å². The van der Waals surface area contributed by atoms with E-state index in [1.807, 2.05) is 12.1 Å². The molecule has 0 amide bonds. The molecular formula is C23H23N3O5. The van der Waals surface area contributed by atoms with E-state index in [0.29, 0.717) is 28.0 Å². The summed E-state index contributed by atoms with van der Waals surface area (Å²) in [4.78, 5) is 25.0. The van der Waals surface area contributed by atoms with Crippen LogP contribution in [0.1, 0.15) is 36.7 Å². The second kappa shape index (κ2) is 7.55. The van der Waals surface area contributed by atoms with Crippen molar-refractivity contribution >= 4 is 33.9 Å². The molecule has 160 valence electrons. The lowest BCUT2D eigenvalue weighted by Crippen LogP contribution is -2.27. The van der Waals surface area contributed by atoms with Crippen LogP contribution in [0.5, 0.6) is 0 Å². The van der Waals surface area contributed by atoms with E-state index in [-0.39, 0.29) is 6.61 Å². The maximum Gasteiger partial charge on any atom is 0.419 e. The first-order valence-corrected chi connectivity index (χ1v) is 9.77. The summed E-state index contributed by atoms with van der Waals surface area (Å²) in [6, 6.07) is 12.3. The predicted molar refractivity (Wildman–Crippen MR) is 116 cm³/mol. The van der Waals surface area contributed by atoms with Crippen molar-refractivity contribution in [2.45, 2.75) is 33.0 Å². The third kappa shape index (κ3) is 3.77. The smallest absolute Gasteiger partial charge is 0.419 e. The molecule has 2 N–H and O–H groups in total. The van der Waals surface area contributed by atoms with Gasteiger partial charge in [-0.2, -0.15) is 5.10 Å². The largest absolute Gasteiger partial charge is 0.465 e. The van der Waals surface area contributed by atoms with Gasteiger partial charge in [0.1, 0.15) is 11.3 Å². The number of aliphatic hydroxyl groups excluding tert-OH is 1. The highest BCUT2D eigenvalue weighted by Gasteiger charge is 2.25. The van der Waals surface area contributed by atoms with Gasteiger partial charge < -0.3 is 14.6 Å². The molecule has 2 aromatic carbocycles. The number of nitrogens with one attached hydrogen (secondary N) is 1. The number of aromatic nitrogens is 3. The Balaban J connectivity index is 1.93. The van der Waals surface area contributed by atoms with E-state index in [1.165, 1.54) is 11.7 Å². The summed E-state index contributed by atoms with van der Waals surface area (Å²) in [7, 11) is 1.32. The SMILES string of the molecule is COC(=O)c1ccc2c(-c3cc4cc(CO)ccc4n3C(=O)OC(C)(C)C)n[nH]c2c1. The number of rotatable bonds is 3. The fourth-order valence-electron chi connectivity index (χ4n) is 3.50. The van der Waals surface area contributed by atoms with Gasteiger partial charge in [0.25, 0.3) is 0 Å². The predicted octanol–water partition coefficient (Wildman–Crippen LogP) is 4.25. The van der Waals surface area contributed by atoms with E-state index in [9.17, 15) is 14.7 Å². The Morgan fingerprint density at radius 3 is 2.58 bits per heavy atom. The van der Waals surface area contributed by atoms with Gasteiger partial charge in [-0.15, -0.1) is 0 Å². The van der Waals surface area contributed by atoms with Crippen LogP contribution in [0.15, 0.2) is 42.5 Å². The molecule has 0 spiro atoms. The number of benzene rings is 2. The topological polar surface area (TPSA) is 106 Å². The highest BCUT2D eigenvalue weighted by molar-refractivity contribution is 6.03. The molecule has 0 saturated heterocycles. The van der Waals surface area contributed by atoms with Crippen molar-refractivity contribution in [2.75, 3.05) is 7.11 Å². The normalized spacial score (nSPS) is 11.8. The van der Waals surface area contributed by atoms with Gasteiger partial charge in [0.05, 0.1) is 36.0 Å². The zero-order chi connectivity index (χ0) is 22.3. The van der Waals surface area contributed by atoms with Gasteiger partial charge in [0.2, 0.25) is 0 Å². The van der Waals surface area contributed by atoms with Crippen molar-refractivity contribution in [1.29, 1.82) is 0 Å². The highest BCUT2D eigenvalue weighted by Crippen LogP contribution is 2.33. The molecule has 0 radical (unpaired) electrons. The van der Waals surface area contributed by atoms with Crippen molar-refractivity contribution in [3.63, 3.8) is 0 Å². The van der Waals surface area contributed by atoms with Crippen LogP contribution in [0.4, 0.5) is 4.79 Å². The lowest BCUT2D eigenvalue weighted by atomic mass is 10.1. The average molecular weight is 421 g/mol. The van der Waals surface area contributed by atoms with E-state index in [2.05, 4.69) is 10.2 Å². The van der Waals surface area contributed by atoms with Gasteiger partial charge in [0, 0.05) is 10.8 Å². The second-order valence-electron chi connectivity index (χ2n) is 8.22. The number of fused-ring (bicyclic) bond motifs is 2. The van der Waals surface area contributed by atoms with Crippen LogP contribution >= 0.6 is 0 Å². The van der Waals surface area contributed by atoms with E-state index >= 15 is 0 Å². The first-order chi connectivity index (χ1) is 14.7. The Hall–Kier alpha value is -3.65. The Kier molecular flexibility index (Phi) is 5.02. The lowest BCUT2D eigenvalue weighted by Gasteiger charge is -2.20. The third-order valence-electron chi connectivity index (χ3n) is 4.85. The Bertz CT molecular complexity index is 1310. The molecule has 0 aliphatic carbocycles. The van der Waals surface area contributed by atoms with Gasteiger partial charge in [-0.3, -0.25) is 5.10 Å². The fraction of sp³-hybridized carbons (Fsp3) is 0.261. The second-order valence-corrected chi connectivity index (χ2v) is 8.22. The number of esters is 1. The maximum atomic E-state index is 13.1. The van der Waals surface area contributed by atoms with Gasteiger partial charge in [-0.25, -0.2) is 14.2 Å². The van der Waals surface area contributed by atoms with Crippen LogP contribution in [0.3, 0.4) is 0 Å². The Morgan fingerprint density at radius 1 is 1.13 bits per heavy atom. The molecule has 0 aliphatic rings. The van der Waals surface area contributed by atoms with Crippen molar-refractivity contribution in [3.8, 4) is 11.4 Å². The molecule has 8 heteroatoms. The van der Waals surface area contributed by atoms with Crippen LogP contribution in [-0.2, 0) is 16.1 Å². The molecule has 0 aliphatic heterocycles. The first kappa shape index (κ1) is 20.6. The quantitative estimate of drug-likeness (QED) is 0.479. The van der Waals surface area contributed by atoms with E-state index < -0.39 is 17.7 Å². The minimum absolute atomic E-state index is 0.107. The minimum Gasteiger partial charge on any atom is -0.465 e. The summed E-state index contributed by atoms with van der Waals surface area (Å²) >= 11 is 0. The molecule has 8 nitrogen and oxygen atoms in total. The molecule has 4 rings (SSSR count). The summed E-state index contributed by atoms with van der Waals surface area (Å²) in [5.41, 5.74) is 2.80. The maximum absolute atomic E-state index is 13.1. The standard InChI is InChI=1S/C23H23N3O5/c1-23(2,3)31-22(29)26-18-8-5-13(12-27)9-15(18)11-19(26)20-16-7-6-14(21(28)30-4)10-17(16)24-25-20/h5-11,27H,12H2,1-4H3,(H,24,25). The molecule has 0 unspecified atom stereocenters. The summed E-state index contributed by atoms with van der Waals surface area (Å²) in [6.45, 7) is 5.31. The zero-order valence-electron chi connectivity index (χ0n) is 17.7. The summed E-state index contributed by atoms with van der Waals surface area (Å²) in [5.74, 6) is -0.447. The monoisotopic (exact) mass is 421 g/mol. The summed E-state index contributed by atoms with van der Waals surface area (Å²) < 4.78 is 11.9. The number of nitrogens with zero attached hydrogens (tertiary/aromatic N) is 2. The molecule has 0 fully saturated rings. The van der Waals surface area contributed by atoms with E-state index in [0.717, 1.165) is 16.3 Å². The number of carbonyl (C=O) groups excluding carboxylic acids is 2. The number of hydrogen-bond donors (Lipinski definition) is 2. The van der Waals surface area contributed by atoms with Crippen LogP contribution in [-0.4, -0.2) is 44.6 Å². The van der Waals surface area contributed by atoms with Crippen LogP contribution in [0, 0.1) is 0 Å². The van der Waals surface area contributed by atoms with Crippen molar-refractivity contribution in [2.24, 2.45) is 0 Å². The minimum atomic E-state index is -0.682. The fourth-order valence-corrected chi connectivity index (χ4v) is 3.50. The highest BCUT2D eigenvalue weighted by atomic mass is 16.6. The number of ether oxygens (including phenoxy) is 2. The van der Waals surface area contributed by atoms with Crippen molar-refractivity contribution in [3.05, 3.63) is 53.6 Å². The summed E-state index contributed by atoms with van der Waals surface area (Å²) in [5, 5.41) is 18.3. The van der Waals surface area contributed by atoms with Crippen molar-refractivity contribution in [1.82, 2.24) is 14.8 Å². The van der Waals surface area contributed by atoms with Gasteiger partial charge in [-0.05, 0) is 62.7 Å². The average Bonchev–Trinajstić information content (AvgIpc) is 3.31. The number of H-pyrrole nitrogens is 1. The van der Waals surface area contributed by atoms with Gasteiger partial charge in [-0.1, -0.05) is 6.07 Å². The summed E-state index contributed by atoms with van der Waals surface area (Å²) in [6.07, 6.45) is -0.531. The molecule has 2 heterocycles. The number of methoxy groups -OCH3 is 1. The van der Waals surface area contributed by atoms with Crippen LogP contribution in [0.25, 0.3) is 33.2 Å². The Labute approximate surface area is 178 Å². The molecule has 0 bridgehead atoms. The molecule has 31 heavy (non-hydrogen) atoms. The van der Waals surface area contributed by atoms with E-state index in [1.54, 1.807) is 51.1 Å². The Morgan fingerprint density at radius 2 is 1.90 bits per heavy atom. The molecular weight excluding hydrogens is 398 g/mol. The number of aromatic amines is 1. The number of aliphatic hydroxyl groups is 1. The molecule has 0 atom stereocenters. The van der Waals surface area contributed by atoms with E-state index in [4.69, 9.17) is 9.47 Å². The number of carbonyl (C=O) groups is 2. The number of hydrogen-bond acceptors (Lipinski definition) is 6. The molecule has 0 saturated carbocycles. The zero-order valence-corrected chi connectivity index (χ0v) is 17.7. The lowest BCUT2D eigenvalue weighted by molar-refractivity contribution is 0.0545.